The third kappa shape index (κ3) is 2.26. The third-order valence-corrected chi connectivity index (χ3v) is 3.50. The molecule has 0 fully saturated rings. The predicted molar refractivity (Wildman–Crippen MR) is 82.8 cm³/mol. The fourth-order valence-electron chi connectivity index (χ4n) is 2.40. The number of ketones is 1. The van der Waals surface area contributed by atoms with E-state index in [-0.39, 0.29) is 5.78 Å². The number of benzene rings is 2. The number of carbonyl (C=O) groups is 1. The molecule has 1 N–H and O–H groups in total. The number of allylic oxidation sites excluding steroid dienone is 1. The van der Waals surface area contributed by atoms with Gasteiger partial charge in [0.05, 0.1) is 0 Å². The zero-order valence-electron chi connectivity index (χ0n) is 11.7. The summed E-state index contributed by atoms with van der Waals surface area (Å²) < 4.78 is 0. The van der Waals surface area contributed by atoms with Crippen LogP contribution in [0, 0.1) is 0 Å². The number of nitrogens with one attached hydrogen (secondary N) is 1. The Hall–Kier alpha value is -2.09. The highest BCUT2D eigenvalue weighted by molar-refractivity contribution is 6.13. The Morgan fingerprint density at radius 3 is 2.53 bits per heavy atom. The highest BCUT2D eigenvalue weighted by Gasteiger charge is 2.13. The maximum Gasteiger partial charge on any atom is 0.160 e. The Labute approximate surface area is 114 Å². The molecule has 0 aliphatic rings. The number of rotatable bonds is 4. The Morgan fingerprint density at radius 1 is 1.21 bits per heavy atom. The second-order valence-corrected chi connectivity index (χ2v) is 4.65. The minimum Gasteiger partial charge on any atom is -0.388 e. The molecule has 0 saturated heterocycles. The lowest BCUT2D eigenvalue weighted by atomic mass is 9.92. The van der Waals surface area contributed by atoms with Crippen molar-refractivity contribution in [3.05, 3.63) is 48.0 Å². The molecule has 0 spiro atoms. The fraction of sp³-hybridized carbons (Fsp3) is 0.235. The quantitative estimate of drug-likeness (QED) is 0.812. The van der Waals surface area contributed by atoms with Crippen molar-refractivity contribution < 1.29 is 4.79 Å². The van der Waals surface area contributed by atoms with Crippen molar-refractivity contribution in [3.63, 3.8) is 0 Å². The number of anilines is 1. The smallest absolute Gasteiger partial charge is 0.160 e. The van der Waals surface area contributed by atoms with Gasteiger partial charge in [-0.1, -0.05) is 31.7 Å². The summed E-state index contributed by atoms with van der Waals surface area (Å²) in [6, 6.07) is 9.95. The first-order valence-corrected chi connectivity index (χ1v) is 6.52. The topological polar surface area (TPSA) is 29.1 Å². The van der Waals surface area contributed by atoms with Crippen LogP contribution in [-0.2, 0) is 0 Å². The van der Waals surface area contributed by atoms with Gasteiger partial charge in [0.2, 0.25) is 0 Å². The molecule has 2 aromatic rings. The van der Waals surface area contributed by atoms with E-state index in [1.54, 1.807) is 6.92 Å². The van der Waals surface area contributed by atoms with E-state index in [2.05, 4.69) is 18.8 Å². The van der Waals surface area contributed by atoms with Gasteiger partial charge in [-0.25, -0.2) is 0 Å². The summed E-state index contributed by atoms with van der Waals surface area (Å²) in [4.78, 5) is 11.9. The summed E-state index contributed by atoms with van der Waals surface area (Å²) in [5.41, 5.74) is 3.92. The van der Waals surface area contributed by atoms with Crippen LogP contribution >= 0.6 is 0 Å². The Bertz CT molecular complexity index is 656. The van der Waals surface area contributed by atoms with Crippen LogP contribution in [0.15, 0.2) is 36.9 Å². The van der Waals surface area contributed by atoms with E-state index in [0.29, 0.717) is 0 Å². The van der Waals surface area contributed by atoms with Crippen LogP contribution in [-0.4, -0.2) is 12.8 Å². The van der Waals surface area contributed by atoms with Crippen molar-refractivity contribution in [3.8, 4) is 0 Å². The van der Waals surface area contributed by atoms with E-state index in [1.165, 1.54) is 0 Å². The molecule has 19 heavy (non-hydrogen) atoms. The SMILES string of the molecule is C=C(CC)c1cccc2c(NC)ccc(C(C)=O)c12. The van der Waals surface area contributed by atoms with Gasteiger partial charge in [-0.15, -0.1) is 0 Å². The zero-order chi connectivity index (χ0) is 14.0. The minimum atomic E-state index is 0.0870. The van der Waals surface area contributed by atoms with Gasteiger partial charge < -0.3 is 5.32 Å². The van der Waals surface area contributed by atoms with Crippen LogP contribution in [0.25, 0.3) is 16.3 Å². The molecule has 98 valence electrons. The maximum absolute atomic E-state index is 11.9. The number of hydrogen-bond acceptors (Lipinski definition) is 2. The number of carbonyl (C=O) groups excluding carboxylic acids is 1. The monoisotopic (exact) mass is 253 g/mol. The molecule has 0 aliphatic carbocycles. The van der Waals surface area contributed by atoms with Gasteiger partial charge in [0.1, 0.15) is 0 Å². The highest BCUT2D eigenvalue weighted by atomic mass is 16.1. The lowest BCUT2D eigenvalue weighted by Crippen LogP contribution is -1.99. The summed E-state index contributed by atoms with van der Waals surface area (Å²) in [6.45, 7) is 7.81. The van der Waals surface area contributed by atoms with Crippen molar-refractivity contribution in [2.45, 2.75) is 20.3 Å². The molecule has 0 amide bonds. The molecule has 2 rings (SSSR count). The third-order valence-electron chi connectivity index (χ3n) is 3.50. The summed E-state index contributed by atoms with van der Waals surface area (Å²) in [7, 11) is 1.89. The Morgan fingerprint density at radius 2 is 1.95 bits per heavy atom. The van der Waals surface area contributed by atoms with E-state index >= 15 is 0 Å². The number of fused-ring (bicyclic) bond motifs is 1. The molecular weight excluding hydrogens is 234 g/mol. The van der Waals surface area contributed by atoms with E-state index in [4.69, 9.17) is 0 Å². The first-order chi connectivity index (χ1) is 9.10. The molecule has 0 unspecified atom stereocenters. The molecule has 0 radical (unpaired) electrons. The first-order valence-electron chi connectivity index (χ1n) is 6.52. The van der Waals surface area contributed by atoms with E-state index in [1.807, 2.05) is 37.4 Å². The molecule has 0 atom stereocenters. The van der Waals surface area contributed by atoms with E-state index in [0.717, 1.165) is 39.6 Å². The second-order valence-electron chi connectivity index (χ2n) is 4.65. The predicted octanol–water partition coefficient (Wildman–Crippen LogP) is 4.51. The molecule has 0 bridgehead atoms. The van der Waals surface area contributed by atoms with Gasteiger partial charge >= 0.3 is 0 Å². The van der Waals surface area contributed by atoms with Crippen molar-refractivity contribution >= 4 is 27.8 Å². The standard InChI is InChI=1S/C17H19NO/c1-5-11(2)13-7-6-8-15-16(18-4)10-9-14(12(3)19)17(13)15/h6-10,18H,2,5H2,1,3-4H3. The first kappa shape index (κ1) is 13.3. The summed E-state index contributed by atoms with van der Waals surface area (Å²) in [5, 5.41) is 5.26. The van der Waals surface area contributed by atoms with Crippen LogP contribution in [0.5, 0.6) is 0 Å². The van der Waals surface area contributed by atoms with E-state index < -0.39 is 0 Å². The minimum absolute atomic E-state index is 0.0870. The van der Waals surface area contributed by atoms with Gasteiger partial charge in [0, 0.05) is 29.1 Å². The van der Waals surface area contributed by atoms with Crippen molar-refractivity contribution in [2.75, 3.05) is 12.4 Å². The molecule has 2 heteroatoms. The highest BCUT2D eigenvalue weighted by Crippen LogP contribution is 2.33. The fourth-order valence-corrected chi connectivity index (χ4v) is 2.40. The normalized spacial score (nSPS) is 10.5. The van der Waals surface area contributed by atoms with Gasteiger partial charge in [-0.05, 0) is 36.6 Å². The largest absolute Gasteiger partial charge is 0.388 e. The van der Waals surface area contributed by atoms with E-state index in [9.17, 15) is 4.79 Å². The molecule has 0 saturated carbocycles. The summed E-state index contributed by atoms with van der Waals surface area (Å²) in [5.74, 6) is 0.0870. The van der Waals surface area contributed by atoms with Crippen molar-refractivity contribution in [2.24, 2.45) is 0 Å². The van der Waals surface area contributed by atoms with Crippen LogP contribution in [0.4, 0.5) is 5.69 Å². The zero-order valence-corrected chi connectivity index (χ0v) is 11.7. The molecular formula is C17H19NO. The lowest BCUT2D eigenvalue weighted by Gasteiger charge is -2.14. The average molecular weight is 253 g/mol. The summed E-state index contributed by atoms with van der Waals surface area (Å²) >= 11 is 0. The van der Waals surface area contributed by atoms with Crippen molar-refractivity contribution in [1.29, 1.82) is 0 Å². The van der Waals surface area contributed by atoms with Gasteiger partial charge in [0.15, 0.2) is 5.78 Å². The lowest BCUT2D eigenvalue weighted by molar-refractivity contribution is 0.101. The Balaban J connectivity index is 2.91. The molecule has 2 nitrogen and oxygen atoms in total. The van der Waals surface area contributed by atoms with Gasteiger partial charge in [0.25, 0.3) is 0 Å². The molecule has 2 aromatic carbocycles. The van der Waals surface area contributed by atoms with Crippen LogP contribution in [0.1, 0.15) is 36.2 Å². The Kier molecular flexibility index (Phi) is 3.70. The van der Waals surface area contributed by atoms with Crippen LogP contribution < -0.4 is 5.32 Å². The number of hydrogen-bond donors (Lipinski definition) is 1. The van der Waals surface area contributed by atoms with Gasteiger partial charge in [-0.3, -0.25) is 4.79 Å². The number of Topliss-reactive ketones (excluding diaryl/α,β-unsaturated/α-hetero) is 1. The van der Waals surface area contributed by atoms with Crippen LogP contribution in [0.2, 0.25) is 0 Å². The second kappa shape index (κ2) is 5.27. The molecule has 0 heterocycles. The maximum atomic E-state index is 11.9. The molecule has 0 aliphatic heterocycles. The van der Waals surface area contributed by atoms with Crippen molar-refractivity contribution in [1.82, 2.24) is 0 Å². The summed E-state index contributed by atoms with van der Waals surface area (Å²) in [6.07, 6.45) is 0.875. The average Bonchev–Trinajstić information content (AvgIpc) is 2.44. The molecule has 0 aromatic heterocycles. The van der Waals surface area contributed by atoms with Gasteiger partial charge in [-0.2, -0.15) is 0 Å². The van der Waals surface area contributed by atoms with Crippen LogP contribution in [0.3, 0.4) is 0 Å².